The average molecular weight is 229 g/mol. The SMILES string of the molecule is C=C/C=C(\C=C)Cc1ccnc(C(=O)OC)c1. The Kier molecular flexibility index (Phi) is 4.88. The first-order chi connectivity index (χ1) is 8.21. The van der Waals surface area contributed by atoms with Crippen molar-refractivity contribution in [3.8, 4) is 0 Å². The fourth-order valence-corrected chi connectivity index (χ4v) is 1.39. The molecule has 1 rings (SSSR count). The molecule has 3 nitrogen and oxygen atoms in total. The highest BCUT2D eigenvalue weighted by Crippen LogP contribution is 2.10. The van der Waals surface area contributed by atoms with E-state index in [2.05, 4.69) is 22.9 Å². The van der Waals surface area contributed by atoms with E-state index in [-0.39, 0.29) is 0 Å². The summed E-state index contributed by atoms with van der Waals surface area (Å²) in [6, 6.07) is 3.57. The molecule has 1 aromatic heterocycles. The summed E-state index contributed by atoms with van der Waals surface area (Å²) < 4.78 is 4.62. The number of allylic oxidation sites excluding steroid dienone is 4. The fourth-order valence-electron chi connectivity index (χ4n) is 1.39. The van der Waals surface area contributed by atoms with Gasteiger partial charge in [0.25, 0.3) is 0 Å². The molecule has 88 valence electrons. The fraction of sp³-hybridized carbons (Fsp3) is 0.143. The molecule has 0 bridgehead atoms. The van der Waals surface area contributed by atoms with Gasteiger partial charge in [0.15, 0.2) is 0 Å². The number of carbonyl (C=O) groups excluding carboxylic acids is 1. The Labute approximate surface area is 101 Å². The van der Waals surface area contributed by atoms with Gasteiger partial charge in [-0.2, -0.15) is 0 Å². The lowest BCUT2D eigenvalue weighted by atomic mass is 10.1. The van der Waals surface area contributed by atoms with Gasteiger partial charge in [-0.25, -0.2) is 9.78 Å². The lowest BCUT2D eigenvalue weighted by Gasteiger charge is -2.04. The monoisotopic (exact) mass is 229 g/mol. The summed E-state index contributed by atoms with van der Waals surface area (Å²) in [7, 11) is 1.34. The van der Waals surface area contributed by atoms with Crippen LogP contribution >= 0.6 is 0 Å². The summed E-state index contributed by atoms with van der Waals surface area (Å²) in [6.45, 7) is 7.36. The van der Waals surface area contributed by atoms with Crippen molar-refractivity contribution < 1.29 is 9.53 Å². The maximum absolute atomic E-state index is 11.3. The second-order valence-corrected chi connectivity index (χ2v) is 3.40. The van der Waals surface area contributed by atoms with E-state index in [9.17, 15) is 4.79 Å². The number of hydrogen-bond donors (Lipinski definition) is 0. The van der Waals surface area contributed by atoms with Gasteiger partial charge in [0, 0.05) is 6.20 Å². The first kappa shape index (κ1) is 12.9. The highest BCUT2D eigenvalue weighted by molar-refractivity contribution is 5.87. The van der Waals surface area contributed by atoms with Gasteiger partial charge in [-0.05, 0) is 29.7 Å². The number of methoxy groups -OCH3 is 1. The number of pyridine rings is 1. The Morgan fingerprint density at radius 2 is 2.29 bits per heavy atom. The summed E-state index contributed by atoms with van der Waals surface area (Å²) in [6.07, 6.45) is 7.63. The van der Waals surface area contributed by atoms with Crippen molar-refractivity contribution in [3.05, 3.63) is 66.5 Å². The van der Waals surface area contributed by atoms with Crippen molar-refractivity contribution in [3.63, 3.8) is 0 Å². The zero-order valence-corrected chi connectivity index (χ0v) is 9.85. The molecule has 3 heteroatoms. The van der Waals surface area contributed by atoms with E-state index in [0.29, 0.717) is 12.1 Å². The van der Waals surface area contributed by atoms with Crippen LogP contribution in [0.4, 0.5) is 0 Å². The highest BCUT2D eigenvalue weighted by Gasteiger charge is 2.07. The maximum Gasteiger partial charge on any atom is 0.356 e. The number of rotatable bonds is 5. The molecule has 17 heavy (non-hydrogen) atoms. The van der Waals surface area contributed by atoms with E-state index in [1.54, 1.807) is 24.4 Å². The van der Waals surface area contributed by atoms with Crippen LogP contribution in [-0.4, -0.2) is 18.1 Å². The molecular formula is C14H15NO2. The van der Waals surface area contributed by atoms with Crippen molar-refractivity contribution >= 4 is 5.97 Å². The molecule has 1 heterocycles. The summed E-state index contributed by atoms with van der Waals surface area (Å²) in [5.74, 6) is -0.431. The molecule has 0 N–H and O–H groups in total. The molecule has 0 aliphatic rings. The first-order valence-corrected chi connectivity index (χ1v) is 5.18. The molecule has 0 fully saturated rings. The Bertz CT molecular complexity index is 461. The summed E-state index contributed by atoms with van der Waals surface area (Å²) >= 11 is 0. The van der Waals surface area contributed by atoms with Crippen molar-refractivity contribution in [2.75, 3.05) is 7.11 Å². The lowest BCUT2D eigenvalue weighted by molar-refractivity contribution is 0.0594. The lowest BCUT2D eigenvalue weighted by Crippen LogP contribution is -2.04. The van der Waals surface area contributed by atoms with E-state index in [4.69, 9.17) is 0 Å². The van der Waals surface area contributed by atoms with E-state index in [1.165, 1.54) is 7.11 Å². The number of hydrogen-bond acceptors (Lipinski definition) is 3. The third-order valence-electron chi connectivity index (χ3n) is 2.22. The number of carbonyl (C=O) groups is 1. The van der Waals surface area contributed by atoms with Crippen molar-refractivity contribution in [2.45, 2.75) is 6.42 Å². The maximum atomic E-state index is 11.3. The molecule has 0 aliphatic heterocycles. The van der Waals surface area contributed by atoms with Crippen molar-refractivity contribution in [2.24, 2.45) is 0 Å². The number of esters is 1. The van der Waals surface area contributed by atoms with E-state index in [1.807, 2.05) is 12.1 Å². The average Bonchev–Trinajstić information content (AvgIpc) is 2.37. The third-order valence-corrected chi connectivity index (χ3v) is 2.22. The number of aromatic nitrogens is 1. The molecular weight excluding hydrogens is 214 g/mol. The van der Waals surface area contributed by atoms with E-state index in [0.717, 1.165) is 11.1 Å². The van der Waals surface area contributed by atoms with Gasteiger partial charge < -0.3 is 4.74 Å². The zero-order valence-electron chi connectivity index (χ0n) is 9.85. The van der Waals surface area contributed by atoms with Gasteiger partial charge in [-0.3, -0.25) is 0 Å². The summed E-state index contributed by atoms with van der Waals surface area (Å²) in [5, 5.41) is 0. The molecule has 0 saturated carbocycles. The summed E-state index contributed by atoms with van der Waals surface area (Å²) in [5.41, 5.74) is 2.32. The molecule has 0 radical (unpaired) electrons. The predicted molar refractivity (Wildman–Crippen MR) is 67.8 cm³/mol. The molecule has 0 spiro atoms. The van der Waals surface area contributed by atoms with Gasteiger partial charge in [-0.15, -0.1) is 0 Å². The standard InChI is InChI=1S/C14H15NO2/c1-4-6-11(5-2)9-12-7-8-15-13(10-12)14(16)17-3/h4-8,10H,1-2,9H2,3H3/b11-6+. The van der Waals surface area contributed by atoms with Gasteiger partial charge in [0.1, 0.15) is 5.69 Å². The minimum Gasteiger partial charge on any atom is -0.464 e. The zero-order chi connectivity index (χ0) is 12.7. The van der Waals surface area contributed by atoms with Crippen molar-refractivity contribution in [1.82, 2.24) is 4.98 Å². The molecule has 0 amide bonds. The Morgan fingerprint density at radius 3 is 2.88 bits per heavy atom. The van der Waals surface area contributed by atoms with Crippen LogP contribution in [0.2, 0.25) is 0 Å². The highest BCUT2D eigenvalue weighted by atomic mass is 16.5. The van der Waals surface area contributed by atoms with Crippen LogP contribution in [-0.2, 0) is 11.2 Å². The molecule has 0 unspecified atom stereocenters. The minimum absolute atomic E-state index is 0.312. The van der Waals surface area contributed by atoms with Crippen molar-refractivity contribution in [1.29, 1.82) is 0 Å². The van der Waals surface area contributed by atoms with Crippen LogP contribution in [0.25, 0.3) is 0 Å². The third kappa shape index (κ3) is 3.72. The molecule has 1 aromatic rings. The molecule has 0 aliphatic carbocycles. The van der Waals surface area contributed by atoms with Gasteiger partial charge in [0.2, 0.25) is 0 Å². The number of nitrogens with zero attached hydrogens (tertiary/aromatic N) is 1. The largest absolute Gasteiger partial charge is 0.464 e. The second-order valence-electron chi connectivity index (χ2n) is 3.40. The topological polar surface area (TPSA) is 39.2 Å². The van der Waals surface area contributed by atoms with Crippen LogP contribution in [0, 0.1) is 0 Å². The first-order valence-electron chi connectivity index (χ1n) is 5.18. The minimum atomic E-state index is -0.431. The Morgan fingerprint density at radius 1 is 1.53 bits per heavy atom. The quantitative estimate of drug-likeness (QED) is 0.575. The van der Waals surface area contributed by atoms with Crippen LogP contribution in [0.15, 0.2) is 55.3 Å². The predicted octanol–water partition coefficient (Wildman–Crippen LogP) is 2.71. The van der Waals surface area contributed by atoms with Crippen LogP contribution in [0.5, 0.6) is 0 Å². The Hall–Kier alpha value is -2.16. The molecule has 0 atom stereocenters. The van der Waals surface area contributed by atoms with Gasteiger partial charge in [0.05, 0.1) is 7.11 Å². The molecule has 0 aromatic carbocycles. The summed E-state index contributed by atoms with van der Waals surface area (Å²) in [4.78, 5) is 15.3. The van der Waals surface area contributed by atoms with Gasteiger partial charge in [-0.1, -0.05) is 31.4 Å². The normalized spacial score (nSPS) is 10.8. The van der Waals surface area contributed by atoms with E-state index >= 15 is 0 Å². The molecule has 0 saturated heterocycles. The second kappa shape index (κ2) is 6.43. The smallest absolute Gasteiger partial charge is 0.356 e. The number of ether oxygens (including phenoxy) is 1. The van der Waals surface area contributed by atoms with Gasteiger partial charge >= 0.3 is 5.97 Å². The Balaban J connectivity index is 2.92. The van der Waals surface area contributed by atoms with Crippen LogP contribution < -0.4 is 0 Å². The van der Waals surface area contributed by atoms with Crippen LogP contribution in [0.3, 0.4) is 0 Å². The van der Waals surface area contributed by atoms with Crippen LogP contribution in [0.1, 0.15) is 16.1 Å². The van der Waals surface area contributed by atoms with E-state index < -0.39 is 5.97 Å².